The lowest BCUT2D eigenvalue weighted by molar-refractivity contribution is -0.181. The number of carbonyl (C=O) groups is 2. The van der Waals surface area contributed by atoms with Crippen LogP contribution in [0.1, 0.15) is 28.4 Å². The van der Waals surface area contributed by atoms with Crippen molar-refractivity contribution < 1.29 is 34.5 Å². The molecule has 1 unspecified atom stereocenters. The summed E-state index contributed by atoms with van der Waals surface area (Å²) in [5.41, 5.74) is 9.03. The van der Waals surface area contributed by atoms with Crippen molar-refractivity contribution in [2.24, 2.45) is 11.7 Å². The van der Waals surface area contributed by atoms with Crippen LogP contribution in [0.15, 0.2) is 66.7 Å². The molecule has 1 aliphatic heterocycles. The van der Waals surface area contributed by atoms with Crippen molar-refractivity contribution >= 4 is 17.5 Å². The van der Waals surface area contributed by atoms with Crippen molar-refractivity contribution in [3.05, 3.63) is 83.4 Å². The number of aliphatic hydroxyl groups excluding tert-OH is 3. The zero-order chi connectivity index (χ0) is 35.2. The van der Waals surface area contributed by atoms with E-state index in [1.165, 1.54) is 19.1 Å². The molecule has 0 spiro atoms. The van der Waals surface area contributed by atoms with Crippen LogP contribution in [0, 0.1) is 5.92 Å². The molecule has 2 amide bonds. The number of hydrogen-bond donors (Lipinski definition) is 5. The first kappa shape index (κ1) is 36.8. The van der Waals surface area contributed by atoms with Crippen LogP contribution in [0.2, 0.25) is 0 Å². The quantitative estimate of drug-likeness (QED) is 0.162. The summed E-state index contributed by atoms with van der Waals surface area (Å²) in [6.07, 6.45) is -1.33. The van der Waals surface area contributed by atoms with E-state index >= 15 is 0 Å². The molecule has 4 rings (SSSR count). The normalized spacial score (nSPS) is 19.9. The number of amides is 2. The van der Waals surface area contributed by atoms with Crippen LogP contribution in [0.5, 0.6) is 5.75 Å². The minimum absolute atomic E-state index is 0.0775. The molecule has 1 aliphatic rings. The first-order chi connectivity index (χ1) is 22.8. The van der Waals surface area contributed by atoms with Gasteiger partial charge in [-0.25, -0.2) is 0 Å². The van der Waals surface area contributed by atoms with Gasteiger partial charge in [0.25, 0.3) is 5.91 Å². The second-order valence-corrected chi connectivity index (χ2v) is 13.0. The minimum Gasteiger partial charge on any atom is -0.496 e. The summed E-state index contributed by atoms with van der Waals surface area (Å²) in [5.74, 6) is -1.24. The third-order valence-electron chi connectivity index (χ3n) is 8.72. The molecule has 12 nitrogen and oxygen atoms in total. The number of para-hydroxylation sites is 1. The van der Waals surface area contributed by atoms with Gasteiger partial charge in [0.15, 0.2) is 0 Å². The van der Waals surface area contributed by atoms with E-state index in [9.17, 15) is 24.9 Å². The molecule has 5 atom stereocenters. The lowest BCUT2D eigenvalue weighted by Crippen LogP contribution is -2.58. The lowest BCUT2D eigenvalue weighted by atomic mass is 9.89. The van der Waals surface area contributed by atoms with Gasteiger partial charge in [-0.15, -0.1) is 0 Å². The first-order valence-electron chi connectivity index (χ1n) is 16.0. The van der Waals surface area contributed by atoms with Crippen molar-refractivity contribution in [2.45, 2.75) is 43.7 Å². The average molecular weight is 664 g/mol. The van der Waals surface area contributed by atoms with Gasteiger partial charge in [0.1, 0.15) is 17.9 Å². The molecule has 3 aromatic carbocycles. The van der Waals surface area contributed by atoms with Crippen LogP contribution < -0.4 is 20.7 Å². The average Bonchev–Trinajstić information content (AvgIpc) is 3.43. The first-order valence-corrected chi connectivity index (χ1v) is 16.0. The highest BCUT2D eigenvalue weighted by Gasteiger charge is 2.48. The van der Waals surface area contributed by atoms with E-state index in [-0.39, 0.29) is 19.1 Å². The van der Waals surface area contributed by atoms with Crippen LogP contribution in [0.4, 0.5) is 5.69 Å². The summed E-state index contributed by atoms with van der Waals surface area (Å²) >= 11 is 0. The molecule has 260 valence electrons. The van der Waals surface area contributed by atoms with E-state index < -0.39 is 42.2 Å². The Morgan fingerprint density at radius 2 is 1.77 bits per heavy atom. The molecule has 1 heterocycles. The van der Waals surface area contributed by atoms with Crippen LogP contribution >= 0.6 is 0 Å². The van der Waals surface area contributed by atoms with Gasteiger partial charge >= 0.3 is 0 Å². The molecule has 6 N–H and O–H groups in total. The van der Waals surface area contributed by atoms with Crippen molar-refractivity contribution in [1.29, 1.82) is 0 Å². The Hall–Kier alpha value is -4.04. The number of anilines is 1. The van der Waals surface area contributed by atoms with Crippen molar-refractivity contribution in [2.75, 3.05) is 60.0 Å². The highest BCUT2D eigenvalue weighted by Crippen LogP contribution is 2.38. The Kier molecular flexibility index (Phi) is 12.2. The largest absolute Gasteiger partial charge is 0.496 e. The Morgan fingerprint density at radius 3 is 2.33 bits per heavy atom. The number of ether oxygens (including phenoxy) is 1. The number of likely N-dealkylation sites (N-methyl/N-ethyl adjacent to an activating group) is 1. The number of primary amides is 1. The highest BCUT2D eigenvalue weighted by molar-refractivity contribution is 5.97. The summed E-state index contributed by atoms with van der Waals surface area (Å²) in [7, 11) is 9.12. The van der Waals surface area contributed by atoms with Crippen molar-refractivity contribution in [3.63, 3.8) is 0 Å². The predicted octanol–water partition coefficient (Wildman–Crippen LogP) is 1.65. The van der Waals surface area contributed by atoms with Crippen LogP contribution in [-0.4, -0.2) is 116 Å². The maximum Gasteiger partial charge on any atom is 0.251 e. The highest BCUT2D eigenvalue weighted by atomic mass is 16.7. The number of nitrogens with two attached hydrogens (primary N) is 1. The second kappa shape index (κ2) is 15.9. The summed E-state index contributed by atoms with van der Waals surface area (Å²) in [4.78, 5) is 36.3. The number of hydroxylamine groups is 2. The fourth-order valence-electron chi connectivity index (χ4n) is 6.59. The molecule has 1 fully saturated rings. The maximum absolute atomic E-state index is 14.0. The fraction of sp³-hybridized carbons (Fsp3) is 0.444. The molecule has 0 bridgehead atoms. The summed E-state index contributed by atoms with van der Waals surface area (Å²) in [6.45, 7) is 1.37. The summed E-state index contributed by atoms with van der Waals surface area (Å²) in [6, 6.07) is 19.9. The molecule has 0 aromatic heterocycles. The number of benzene rings is 3. The number of carbonyl (C=O) groups excluding carboxylic acids is 2. The van der Waals surface area contributed by atoms with Crippen molar-refractivity contribution in [3.8, 4) is 16.9 Å². The Morgan fingerprint density at radius 1 is 1.06 bits per heavy atom. The maximum atomic E-state index is 14.0. The Balaban J connectivity index is 1.73. The summed E-state index contributed by atoms with van der Waals surface area (Å²) in [5, 5.41) is 35.5. The molecular formula is C36H49N5O7. The van der Waals surface area contributed by atoms with Gasteiger partial charge in [-0.1, -0.05) is 48.5 Å². The number of nitrogens with one attached hydrogen (secondary N) is 1. The number of hydrogen-bond acceptors (Lipinski definition) is 10. The standard InChI is InChI=1S/C36H49N5O7/c1-23(44)31-30(20-42)48-41(32(31)34(37)45)19-25-13-10-14-29(33(25)47-6)26-15-27(17-28(16-26)40(4)5)35(46)38-36(22-43,21-39(2)3)18-24-11-8-7-9-12-24/h7-17,23,30-32,42-44H,18-22H2,1-6H3,(H2,37,45)(H,38,46)/t23-,30-,31+,32-,36?/m0/s1. The summed E-state index contributed by atoms with van der Waals surface area (Å²) < 4.78 is 5.92. The second-order valence-electron chi connectivity index (χ2n) is 13.0. The van der Waals surface area contributed by atoms with Gasteiger partial charge < -0.3 is 40.9 Å². The minimum atomic E-state index is -0.979. The van der Waals surface area contributed by atoms with E-state index in [0.717, 1.165) is 11.3 Å². The molecule has 0 aliphatic carbocycles. The van der Waals surface area contributed by atoms with E-state index in [0.29, 0.717) is 41.0 Å². The number of nitrogens with zero attached hydrogens (tertiary/aromatic N) is 3. The Labute approximate surface area is 282 Å². The van der Waals surface area contributed by atoms with E-state index in [1.54, 1.807) is 12.1 Å². The lowest BCUT2D eigenvalue weighted by Gasteiger charge is -2.36. The molecule has 1 saturated heterocycles. The van der Waals surface area contributed by atoms with E-state index in [4.69, 9.17) is 15.3 Å². The van der Waals surface area contributed by atoms with Gasteiger partial charge in [-0.2, -0.15) is 5.06 Å². The molecule has 0 radical (unpaired) electrons. The smallest absolute Gasteiger partial charge is 0.251 e. The van der Waals surface area contributed by atoms with Gasteiger partial charge in [-0.05, 0) is 56.8 Å². The Bertz CT molecular complexity index is 1550. The number of rotatable bonds is 15. The van der Waals surface area contributed by atoms with Gasteiger partial charge in [-0.3, -0.25) is 14.4 Å². The zero-order valence-electron chi connectivity index (χ0n) is 28.6. The van der Waals surface area contributed by atoms with Gasteiger partial charge in [0.05, 0.1) is 38.5 Å². The zero-order valence-corrected chi connectivity index (χ0v) is 28.6. The molecular weight excluding hydrogens is 614 g/mol. The molecule has 3 aromatic rings. The predicted molar refractivity (Wildman–Crippen MR) is 184 cm³/mol. The number of aliphatic hydroxyl groups is 3. The molecule has 12 heteroatoms. The van der Waals surface area contributed by atoms with Gasteiger partial charge in [0.2, 0.25) is 5.91 Å². The van der Waals surface area contributed by atoms with Crippen LogP contribution in [0.3, 0.4) is 0 Å². The number of methoxy groups -OCH3 is 1. The third kappa shape index (κ3) is 8.32. The van der Waals surface area contributed by atoms with Crippen LogP contribution in [0.25, 0.3) is 11.1 Å². The van der Waals surface area contributed by atoms with Gasteiger partial charge in [0, 0.05) is 48.9 Å². The SMILES string of the molecule is COc1c(CN2O[C@@H](CO)[C@@H]([C@H](C)O)[C@H]2C(N)=O)cccc1-c1cc(C(=O)NC(CO)(Cc2ccccc2)CN(C)C)cc(N(C)C)c1. The fourth-order valence-corrected chi connectivity index (χ4v) is 6.59. The molecule has 0 saturated carbocycles. The van der Waals surface area contributed by atoms with Crippen LogP contribution in [-0.2, 0) is 22.6 Å². The molecule has 48 heavy (non-hydrogen) atoms. The monoisotopic (exact) mass is 663 g/mol. The third-order valence-corrected chi connectivity index (χ3v) is 8.72. The van der Waals surface area contributed by atoms with Crippen molar-refractivity contribution in [1.82, 2.24) is 15.3 Å². The van der Waals surface area contributed by atoms with E-state index in [2.05, 4.69) is 5.32 Å². The topological polar surface area (TPSA) is 161 Å². The van der Waals surface area contributed by atoms with E-state index in [1.807, 2.05) is 92.6 Å².